The molecule has 0 amide bonds. The molecule has 170 valence electrons. The number of imidazole rings is 1. The van der Waals surface area contributed by atoms with Crippen molar-refractivity contribution >= 4 is 20.9 Å². The Kier molecular flexibility index (Phi) is 5.67. The molecule has 0 aliphatic rings. The predicted octanol–water partition coefficient (Wildman–Crippen LogP) is 4.46. The van der Waals surface area contributed by atoms with Gasteiger partial charge < -0.3 is 9.30 Å². The minimum atomic E-state index is -4.68. The molecule has 1 unspecified atom stereocenters. The molecule has 0 aliphatic carbocycles. The molecule has 0 bridgehead atoms. The average molecular weight is 466 g/mol. The topological polar surface area (TPSA) is 118 Å². The Bertz CT molecular complexity index is 1350. The van der Waals surface area contributed by atoms with E-state index in [9.17, 15) is 22.6 Å². The van der Waals surface area contributed by atoms with Crippen LogP contribution in [0.25, 0.3) is 22.6 Å². The van der Waals surface area contributed by atoms with Gasteiger partial charge in [0.05, 0.1) is 14.6 Å². The highest BCUT2D eigenvalue weighted by molar-refractivity contribution is 7.92. The first kappa shape index (κ1) is 23.5. The van der Waals surface area contributed by atoms with E-state index in [0.29, 0.717) is 11.1 Å². The third kappa shape index (κ3) is 4.25. The Morgan fingerprint density at radius 3 is 2.47 bits per heavy atom. The maximum Gasteiger partial charge on any atom is 0.435 e. The smallest absolute Gasteiger partial charge is 0.435 e. The first-order chi connectivity index (χ1) is 14.7. The third-order valence-electron chi connectivity index (χ3n) is 4.82. The van der Waals surface area contributed by atoms with E-state index in [1.807, 2.05) is 6.07 Å². The molecule has 0 saturated carbocycles. The molecule has 2 aromatic heterocycles. The summed E-state index contributed by atoms with van der Waals surface area (Å²) in [4.78, 5) is 4.39. The SMILES string of the molecule is CCS(=N)(=O)c1cc(OC(C)(C)C#N)c(C)cc1-c1nc2cc(C(F)(F)F)nnc2n1C. The van der Waals surface area contributed by atoms with Gasteiger partial charge in [-0.05, 0) is 38.5 Å². The minimum Gasteiger partial charge on any atom is -0.473 e. The lowest BCUT2D eigenvalue weighted by atomic mass is 10.1. The van der Waals surface area contributed by atoms with Crippen LogP contribution in [-0.4, -0.2) is 35.3 Å². The molecular weight excluding hydrogens is 445 g/mol. The van der Waals surface area contributed by atoms with Crippen LogP contribution in [-0.2, 0) is 23.0 Å². The second-order valence-corrected chi connectivity index (χ2v) is 10.1. The first-order valence-corrected chi connectivity index (χ1v) is 11.2. The molecule has 1 aromatic carbocycles. The normalized spacial score (nSPS) is 14.2. The quantitative estimate of drug-likeness (QED) is 0.593. The van der Waals surface area contributed by atoms with Crippen molar-refractivity contribution in [2.75, 3.05) is 5.75 Å². The molecule has 8 nitrogen and oxygen atoms in total. The Hall–Kier alpha value is -3.20. The van der Waals surface area contributed by atoms with Crippen LogP contribution in [0.5, 0.6) is 5.75 Å². The summed E-state index contributed by atoms with van der Waals surface area (Å²) in [6, 6.07) is 5.85. The number of halogens is 3. The monoisotopic (exact) mass is 466 g/mol. The van der Waals surface area contributed by atoms with Crippen molar-refractivity contribution in [1.82, 2.24) is 19.7 Å². The summed E-state index contributed by atoms with van der Waals surface area (Å²) in [5.74, 6) is 0.458. The van der Waals surface area contributed by atoms with E-state index in [1.54, 1.807) is 40.8 Å². The molecule has 1 atom stereocenters. The van der Waals surface area contributed by atoms with E-state index in [-0.39, 0.29) is 33.4 Å². The number of aromatic nitrogens is 4. The van der Waals surface area contributed by atoms with Crippen LogP contribution in [0.3, 0.4) is 0 Å². The fraction of sp³-hybridized carbons (Fsp3) is 0.400. The first-order valence-electron chi connectivity index (χ1n) is 9.49. The highest BCUT2D eigenvalue weighted by atomic mass is 32.2. The van der Waals surface area contributed by atoms with Gasteiger partial charge in [0.2, 0.25) is 0 Å². The number of nitrogens with one attached hydrogen (secondary N) is 1. The van der Waals surface area contributed by atoms with Crippen molar-refractivity contribution < 1.29 is 22.1 Å². The lowest BCUT2D eigenvalue weighted by Gasteiger charge is -2.22. The van der Waals surface area contributed by atoms with Gasteiger partial charge in [0.1, 0.15) is 23.2 Å². The number of nitriles is 1. The van der Waals surface area contributed by atoms with Crippen LogP contribution in [0.2, 0.25) is 0 Å². The molecule has 3 rings (SSSR count). The van der Waals surface area contributed by atoms with Crippen LogP contribution < -0.4 is 4.74 Å². The predicted molar refractivity (Wildman–Crippen MR) is 111 cm³/mol. The number of aryl methyl sites for hydroxylation is 2. The maximum atomic E-state index is 13.1. The van der Waals surface area contributed by atoms with Gasteiger partial charge in [-0.25, -0.2) is 14.0 Å². The van der Waals surface area contributed by atoms with Gasteiger partial charge in [0.25, 0.3) is 0 Å². The highest BCUT2D eigenvalue weighted by Gasteiger charge is 2.34. The van der Waals surface area contributed by atoms with Crippen molar-refractivity contribution in [3.63, 3.8) is 0 Å². The molecule has 0 spiro atoms. The van der Waals surface area contributed by atoms with Crippen molar-refractivity contribution in [3.05, 3.63) is 29.5 Å². The second-order valence-electron chi connectivity index (χ2n) is 7.73. The van der Waals surface area contributed by atoms with Crippen LogP contribution >= 0.6 is 0 Å². The molecule has 2 heterocycles. The van der Waals surface area contributed by atoms with Gasteiger partial charge in [-0.3, -0.25) is 0 Å². The summed E-state index contributed by atoms with van der Waals surface area (Å²) in [6.45, 7) is 6.44. The average Bonchev–Trinajstić information content (AvgIpc) is 3.04. The van der Waals surface area contributed by atoms with Crippen LogP contribution in [0.4, 0.5) is 13.2 Å². The molecule has 0 radical (unpaired) electrons. The van der Waals surface area contributed by atoms with E-state index in [2.05, 4.69) is 15.2 Å². The summed E-state index contributed by atoms with van der Waals surface area (Å²) in [7, 11) is -1.75. The van der Waals surface area contributed by atoms with E-state index >= 15 is 0 Å². The molecule has 0 fully saturated rings. The lowest BCUT2D eigenvalue weighted by Crippen LogP contribution is -2.26. The zero-order valence-corrected chi connectivity index (χ0v) is 18.9. The maximum absolute atomic E-state index is 13.1. The Balaban J connectivity index is 2.29. The van der Waals surface area contributed by atoms with E-state index in [0.717, 1.165) is 6.07 Å². The fourth-order valence-corrected chi connectivity index (χ4v) is 4.16. The van der Waals surface area contributed by atoms with Crippen LogP contribution in [0.15, 0.2) is 23.1 Å². The zero-order chi connectivity index (χ0) is 24.1. The van der Waals surface area contributed by atoms with Crippen LogP contribution in [0.1, 0.15) is 32.0 Å². The number of hydrogen-bond donors (Lipinski definition) is 1. The summed E-state index contributed by atoms with van der Waals surface area (Å²) >= 11 is 0. The van der Waals surface area contributed by atoms with Gasteiger partial charge in [-0.15, -0.1) is 10.2 Å². The third-order valence-corrected chi connectivity index (χ3v) is 6.68. The highest BCUT2D eigenvalue weighted by Crippen LogP contribution is 2.37. The summed E-state index contributed by atoms with van der Waals surface area (Å²) in [5.41, 5.74) is -1.39. The number of nitrogens with zero attached hydrogens (tertiary/aromatic N) is 5. The molecular formula is C20H21F3N6O2S. The fourth-order valence-electron chi connectivity index (χ4n) is 3.05. The zero-order valence-electron chi connectivity index (χ0n) is 18.0. The number of hydrogen-bond acceptors (Lipinski definition) is 7. The number of benzene rings is 1. The molecule has 1 N–H and O–H groups in total. The Labute approximate surface area is 183 Å². The number of fused-ring (bicyclic) bond motifs is 1. The summed E-state index contributed by atoms with van der Waals surface area (Å²) < 4.78 is 67.8. The Morgan fingerprint density at radius 2 is 1.91 bits per heavy atom. The largest absolute Gasteiger partial charge is 0.473 e. The van der Waals surface area contributed by atoms with E-state index in [4.69, 9.17) is 9.52 Å². The van der Waals surface area contributed by atoms with Gasteiger partial charge in [0, 0.05) is 24.4 Å². The van der Waals surface area contributed by atoms with Crippen molar-refractivity contribution in [1.29, 1.82) is 10.0 Å². The van der Waals surface area contributed by atoms with Crippen molar-refractivity contribution in [2.45, 2.75) is 44.4 Å². The van der Waals surface area contributed by atoms with Gasteiger partial charge in [0.15, 0.2) is 16.9 Å². The second kappa shape index (κ2) is 7.74. The molecule has 32 heavy (non-hydrogen) atoms. The standard InChI is InChI=1S/C20H21F3N6O2S/c1-6-32(25,30)15-9-14(31-19(3,4)10-24)11(2)7-12(15)17-26-13-8-16(20(21,22)23)27-28-18(13)29(17)5/h7-9,25H,6H2,1-5H3. The number of rotatable bonds is 5. The minimum absolute atomic E-state index is 0.00782. The van der Waals surface area contributed by atoms with Crippen molar-refractivity contribution in [2.24, 2.45) is 7.05 Å². The lowest BCUT2D eigenvalue weighted by molar-refractivity contribution is -0.141. The summed E-state index contributed by atoms with van der Waals surface area (Å²) in [5, 5.41) is 16.2. The number of ether oxygens (including phenoxy) is 1. The van der Waals surface area contributed by atoms with Gasteiger partial charge in [-0.1, -0.05) is 6.92 Å². The number of alkyl halides is 3. The van der Waals surface area contributed by atoms with Crippen LogP contribution in [0, 0.1) is 23.0 Å². The molecule has 12 heteroatoms. The van der Waals surface area contributed by atoms with E-state index < -0.39 is 27.2 Å². The molecule has 0 aliphatic heterocycles. The Morgan fingerprint density at radius 1 is 1.25 bits per heavy atom. The summed E-state index contributed by atoms with van der Waals surface area (Å²) in [6.07, 6.45) is -4.68. The molecule has 0 saturated heterocycles. The van der Waals surface area contributed by atoms with Gasteiger partial charge in [-0.2, -0.15) is 18.4 Å². The van der Waals surface area contributed by atoms with Crippen molar-refractivity contribution in [3.8, 4) is 23.2 Å². The molecule has 3 aromatic rings. The van der Waals surface area contributed by atoms with E-state index in [1.165, 1.54) is 10.6 Å². The van der Waals surface area contributed by atoms with Gasteiger partial charge >= 0.3 is 6.18 Å².